The van der Waals surface area contributed by atoms with Crippen LogP contribution < -0.4 is 9.13 Å². The van der Waals surface area contributed by atoms with Gasteiger partial charge in [-0.05, 0) is 33.4 Å². The summed E-state index contributed by atoms with van der Waals surface area (Å²) in [5.74, 6) is -0.731. The van der Waals surface area contributed by atoms with Crippen molar-refractivity contribution in [2.45, 2.75) is 25.9 Å². The van der Waals surface area contributed by atoms with Crippen LogP contribution in [0.1, 0.15) is 12.8 Å². The van der Waals surface area contributed by atoms with E-state index in [1.54, 1.807) is 0 Å². The standard InChI is InChI=1S/C28H28N2O6S2/c31-37(32,33)21-1-15-29-17-11-27(12-18-29)25-7-3-23(4-8-25)24-5-9-26(10-6-24)28-13-19-30(20-14-28)16-2-22-38(34,35)36/h3-14,17-20H,1-2,15-16,21-22H2. The molecule has 0 saturated heterocycles. The van der Waals surface area contributed by atoms with E-state index in [1.165, 1.54) is 0 Å². The molecule has 38 heavy (non-hydrogen) atoms. The van der Waals surface area contributed by atoms with E-state index in [0.717, 1.165) is 33.4 Å². The summed E-state index contributed by atoms with van der Waals surface area (Å²) in [5, 5.41) is 0. The van der Waals surface area contributed by atoms with Gasteiger partial charge in [-0.1, -0.05) is 48.5 Å². The van der Waals surface area contributed by atoms with Crippen molar-refractivity contribution in [3.8, 4) is 33.4 Å². The summed E-state index contributed by atoms with van der Waals surface area (Å²) in [5.41, 5.74) is 6.37. The first-order valence-electron chi connectivity index (χ1n) is 12.1. The van der Waals surface area contributed by atoms with E-state index in [-0.39, 0.29) is 24.3 Å². The van der Waals surface area contributed by atoms with E-state index in [2.05, 4.69) is 48.5 Å². The van der Waals surface area contributed by atoms with Crippen LogP contribution in [0.2, 0.25) is 0 Å². The number of pyridine rings is 2. The minimum absolute atomic E-state index is 0.283. The van der Waals surface area contributed by atoms with Gasteiger partial charge >= 0.3 is 0 Å². The Hall–Kier alpha value is -3.44. The topological polar surface area (TPSA) is 122 Å². The summed E-state index contributed by atoms with van der Waals surface area (Å²) in [6.07, 6.45) is 8.07. The fourth-order valence-electron chi connectivity index (χ4n) is 4.16. The van der Waals surface area contributed by atoms with Crippen LogP contribution in [0, 0.1) is 0 Å². The van der Waals surface area contributed by atoms with E-state index < -0.39 is 20.2 Å². The normalized spacial score (nSPS) is 11.9. The number of benzene rings is 2. The summed E-state index contributed by atoms with van der Waals surface area (Å²) in [4.78, 5) is 0. The first-order chi connectivity index (χ1) is 18.1. The zero-order chi connectivity index (χ0) is 27.2. The minimum Gasteiger partial charge on any atom is -0.748 e. The molecule has 0 atom stereocenters. The Morgan fingerprint density at radius 1 is 0.447 bits per heavy atom. The molecule has 0 aliphatic heterocycles. The molecule has 2 aromatic heterocycles. The van der Waals surface area contributed by atoms with Gasteiger partial charge in [0.15, 0.2) is 24.8 Å². The van der Waals surface area contributed by atoms with Gasteiger partial charge < -0.3 is 9.11 Å². The average Bonchev–Trinajstić information content (AvgIpc) is 2.88. The molecule has 0 fully saturated rings. The van der Waals surface area contributed by atoms with Crippen LogP contribution in [0.25, 0.3) is 33.4 Å². The van der Waals surface area contributed by atoms with E-state index >= 15 is 0 Å². The molecule has 0 radical (unpaired) electrons. The fourth-order valence-corrected chi connectivity index (χ4v) is 5.12. The SMILES string of the molecule is O=S(=O)([O-])CCC[n+]1ccc(-c2ccc(-c3ccc(-c4cc[n+](CCCS(=O)(=O)[O-])cc4)cc3)cc2)cc1. The maximum absolute atomic E-state index is 10.7. The van der Waals surface area contributed by atoms with Crippen molar-refractivity contribution < 1.29 is 35.1 Å². The molecule has 4 rings (SSSR count). The van der Waals surface area contributed by atoms with Crippen LogP contribution in [0.4, 0.5) is 0 Å². The van der Waals surface area contributed by atoms with Crippen molar-refractivity contribution in [2.75, 3.05) is 11.5 Å². The highest BCUT2D eigenvalue weighted by atomic mass is 32.2. The molecular weight excluding hydrogens is 524 g/mol. The zero-order valence-electron chi connectivity index (χ0n) is 20.6. The van der Waals surface area contributed by atoms with Crippen LogP contribution in [-0.2, 0) is 33.3 Å². The molecule has 10 heteroatoms. The Kier molecular flexibility index (Phi) is 8.68. The van der Waals surface area contributed by atoms with Gasteiger partial charge in [-0.2, -0.15) is 0 Å². The second-order valence-corrected chi connectivity index (χ2v) is 12.1. The van der Waals surface area contributed by atoms with Crippen LogP contribution >= 0.6 is 0 Å². The number of hydrogen-bond acceptors (Lipinski definition) is 6. The van der Waals surface area contributed by atoms with Crippen LogP contribution in [0.3, 0.4) is 0 Å². The van der Waals surface area contributed by atoms with Crippen LogP contribution in [0.15, 0.2) is 97.6 Å². The number of hydrogen-bond donors (Lipinski definition) is 0. The first kappa shape index (κ1) is 27.6. The Balaban J connectivity index is 1.36. The summed E-state index contributed by atoms with van der Waals surface area (Å²) in [7, 11) is -8.37. The van der Waals surface area contributed by atoms with Gasteiger partial charge in [-0.3, -0.25) is 0 Å². The van der Waals surface area contributed by atoms with Gasteiger partial charge in [0, 0.05) is 48.6 Å². The monoisotopic (exact) mass is 552 g/mol. The van der Waals surface area contributed by atoms with Crippen molar-refractivity contribution >= 4 is 20.2 Å². The van der Waals surface area contributed by atoms with Crippen molar-refractivity contribution in [2.24, 2.45) is 0 Å². The third-order valence-electron chi connectivity index (χ3n) is 6.17. The van der Waals surface area contributed by atoms with Crippen LogP contribution in [-0.4, -0.2) is 37.4 Å². The number of rotatable bonds is 11. The molecule has 4 aromatic rings. The number of nitrogens with zero attached hydrogens (tertiary/aromatic N) is 2. The van der Waals surface area contributed by atoms with Gasteiger partial charge in [0.2, 0.25) is 0 Å². The molecule has 0 N–H and O–H groups in total. The maximum Gasteiger partial charge on any atom is 0.169 e. The Bertz CT molecular complexity index is 1440. The molecule has 0 aliphatic carbocycles. The van der Waals surface area contributed by atoms with E-state index in [1.807, 2.05) is 58.2 Å². The molecule has 0 bridgehead atoms. The summed E-state index contributed by atoms with van der Waals surface area (Å²) in [6, 6.07) is 24.3. The van der Waals surface area contributed by atoms with Crippen molar-refractivity contribution in [1.82, 2.24) is 0 Å². The van der Waals surface area contributed by atoms with Gasteiger partial charge in [-0.15, -0.1) is 0 Å². The molecule has 0 unspecified atom stereocenters. The lowest BCUT2D eigenvalue weighted by molar-refractivity contribution is -0.696. The van der Waals surface area contributed by atoms with E-state index in [0.29, 0.717) is 13.1 Å². The molecule has 8 nitrogen and oxygen atoms in total. The Labute approximate surface area is 223 Å². The van der Waals surface area contributed by atoms with Crippen molar-refractivity contribution in [3.05, 3.63) is 97.6 Å². The Morgan fingerprint density at radius 2 is 0.684 bits per heavy atom. The van der Waals surface area contributed by atoms with Gasteiger partial charge in [-0.25, -0.2) is 26.0 Å². The summed E-state index contributed by atoms with van der Waals surface area (Å²) >= 11 is 0. The largest absolute Gasteiger partial charge is 0.748 e. The van der Waals surface area contributed by atoms with Crippen molar-refractivity contribution in [1.29, 1.82) is 0 Å². The predicted molar refractivity (Wildman–Crippen MR) is 142 cm³/mol. The molecule has 198 valence electrons. The van der Waals surface area contributed by atoms with E-state index in [9.17, 15) is 25.9 Å². The lowest BCUT2D eigenvalue weighted by Gasteiger charge is -2.07. The third-order valence-corrected chi connectivity index (χ3v) is 7.75. The predicted octanol–water partition coefficient (Wildman–Crippen LogP) is 3.13. The molecule has 2 aromatic carbocycles. The lowest BCUT2D eigenvalue weighted by atomic mass is 9.98. The molecule has 0 aliphatic rings. The summed E-state index contributed by atoms with van der Waals surface area (Å²) in [6.45, 7) is 0.934. The summed E-state index contributed by atoms with van der Waals surface area (Å²) < 4.78 is 68.2. The molecule has 0 saturated carbocycles. The average molecular weight is 553 g/mol. The maximum atomic E-state index is 10.7. The molecule has 0 amide bonds. The second kappa shape index (κ2) is 12.0. The second-order valence-electron chi connectivity index (χ2n) is 9.03. The highest BCUT2D eigenvalue weighted by Gasteiger charge is 2.07. The van der Waals surface area contributed by atoms with Gasteiger partial charge in [0.05, 0.1) is 20.2 Å². The van der Waals surface area contributed by atoms with Crippen molar-refractivity contribution in [3.63, 3.8) is 0 Å². The lowest BCUT2D eigenvalue weighted by Crippen LogP contribution is -2.33. The van der Waals surface area contributed by atoms with Crippen LogP contribution in [0.5, 0.6) is 0 Å². The molecule has 0 spiro atoms. The van der Waals surface area contributed by atoms with Gasteiger partial charge in [0.1, 0.15) is 13.1 Å². The first-order valence-corrected chi connectivity index (χ1v) is 15.3. The molecule has 2 heterocycles. The fraction of sp³-hybridized carbons (Fsp3) is 0.214. The smallest absolute Gasteiger partial charge is 0.169 e. The Morgan fingerprint density at radius 3 is 0.921 bits per heavy atom. The van der Waals surface area contributed by atoms with E-state index in [4.69, 9.17) is 0 Å². The minimum atomic E-state index is -4.19. The zero-order valence-corrected chi connectivity index (χ0v) is 22.3. The van der Waals surface area contributed by atoms with Gasteiger partial charge in [0.25, 0.3) is 0 Å². The number of aryl methyl sites for hydroxylation is 2. The quantitative estimate of drug-likeness (QED) is 0.208. The molecular formula is C28H28N2O6S2. The highest BCUT2D eigenvalue weighted by Crippen LogP contribution is 2.27. The third kappa shape index (κ3) is 8.29. The highest BCUT2D eigenvalue weighted by molar-refractivity contribution is 7.85. The number of aromatic nitrogens is 2.